The van der Waals surface area contributed by atoms with E-state index in [1.54, 1.807) is 0 Å². The number of nitrogens with one attached hydrogen (secondary N) is 1. The summed E-state index contributed by atoms with van der Waals surface area (Å²) in [6.45, 7) is 0.428. The van der Waals surface area contributed by atoms with Crippen LogP contribution < -0.4 is 5.32 Å². The molecule has 1 atom stereocenters. The van der Waals surface area contributed by atoms with Crippen molar-refractivity contribution in [2.45, 2.75) is 24.5 Å². The van der Waals surface area contributed by atoms with Crippen LogP contribution >= 0.6 is 0 Å². The van der Waals surface area contributed by atoms with Crippen molar-refractivity contribution in [1.29, 1.82) is 0 Å². The minimum absolute atomic E-state index is 0.410. The number of hydrogen-bond acceptors (Lipinski definition) is 5. The van der Waals surface area contributed by atoms with Gasteiger partial charge in [0.15, 0.2) is 5.82 Å². The molecule has 0 spiro atoms. The summed E-state index contributed by atoms with van der Waals surface area (Å²) in [6.07, 6.45) is 0.410. The summed E-state index contributed by atoms with van der Waals surface area (Å²) in [7, 11) is 0. The van der Waals surface area contributed by atoms with Crippen LogP contribution in [-0.2, 0) is 23.3 Å². The lowest BCUT2D eigenvalue weighted by molar-refractivity contribution is -0.139. The number of aliphatic carboxylic acids is 1. The molecule has 6 aromatic carbocycles. The Hall–Kier alpha value is -6.18. The third kappa shape index (κ3) is 6.40. The highest BCUT2D eigenvalue weighted by molar-refractivity contribution is 5.81. The lowest BCUT2D eigenvalue weighted by Crippen LogP contribution is -2.39. The van der Waals surface area contributed by atoms with E-state index in [0.717, 1.165) is 44.5 Å². The van der Waals surface area contributed by atoms with Crippen molar-refractivity contribution < 1.29 is 9.90 Å². The Morgan fingerprint density at radius 2 is 1.10 bits per heavy atom. The fourth-order valence-electron chi connectivity index (χ4n) is 6.56. The first kappa shape index (κ1) is 31.4. The number of benzene rings is 6. The van der Waals surface area contributed by atoms with Crippen molar-refractivity contribution in [1.82, 2.24) is 25.5 Å². The van der Waals surface area contributed by atoms with Gasteiger partial charge in [0.2, 0.25) is 0 Å². The van der Waals surface area contributed by atoms with Gasteiger partial charge in [0.05, 0.1) is 0 Å². The van der Waals surface area contributed by atoms with Crippen molar-refractivity contribution in [3.8, 4) is 22.5 Å². The molecule has 240 valence electrons. The smallest absolute Gasteiger partial charge is 0.321 e. The number of carbonyl (C=O) groups is 1. The van der Waals surface area contributed by atoms with Gasteiger partial charge in [0.1, 0.15) is 11.6 Å². The molecule has 49 heavy (non-hydrogen) atoms. The van der Waals surface area contributed by atoms with Crippen molar-refractivity contribution >= 4 is 5.97 Å². The second-order valence-corrected chi connectivity index (χ2v) is 11.9. The predicted octanol–water partition coefficient (Wildman–Crippen LogP) is 7.63. The van der Waals surface area contributed by atoms with Gasteiger partial charge in [-0.3, -0.25) is 4.79 Å². The molecule has 0 fully saturated rings. The van der Waals surface area contributed by atoms with E-state index in [1.807, 2.05) is 114 Å². The normalized spacial score (nSPS) is 12.0. The summed E-state index contributed by atoms with van der Waals surface area (Å²) in [5.41, 5.74) is 7.05. The Kier molecular flexibility index (Phi) is 9.17. The van der Waals surface area contributed by atoms with Crippen molar-refractivity contribution in [2.75, 3.05) is 0 Å². The van der Waals surface area contributed by atoms with Crippen LogP contribution in [-0.4, -0.2) is 37.3 Å². The average molecular weight is 642 g/mol. The Morgan fingerprint density at radius 3 is 1.63 bits per heavy atom. The molecule has 0 aliphatic heterocycles. The van der Waals surface area contributed by atoms with Gasteiger partial charge in [-0.05, 0) is 55.8 Å². The van der Waals surface area contributed by atoms with Crippen LogP contribution in [0.4, 0.5) is 0 Å². The summed E-state index contributed by atoms with van der Waals surface area (Å²) in [4.78, 5) is 12.0. The van der Waals surface area contributed by atoms with E-state index in [2.05, 4.69) is 76.3 Å². The first-order chi connectivity index (χ1) is 24.1. The number of carboxylic acids is 1. The number of hydrogen-bond donors (Lipinski definition) is 2. The Bertz CT molecular complexity index is 2020. The monoisotopic (exact) mass is 641 g/mol. The standard InChI is InChI=1S/C42H35N5O2/c48-41(49)39(29-31-15-5-1-6-16-31)43-30-32-25-27-33(28-26-32)37-23-13-14-24-38(37)40-44-45-46-47(40)42(34-17-7-2-8-18-34,35-19-9-3-10-20-35)36-21-11-4-12-22-36/h1-28,39,43H,29-30H2,(H,48,49)/t39-/m0/s1. The first-order valence-corrected chi connectivity index (χ1v) is 16.3. The number of carboxylic acid groups (broad SMARTS) is 1. The topological polar surface area (TPSA) is 92.9 Å². The number of tetrazole rings is 1. The molecular formula is C42H35N5O2. The van der Waals surface area contributed by atoms with E-state index in [1.165, 1.54) is 0 Å². The highest BCUT2D eigenvalue weighted by Crippen LogP contribution is 2.43. The Balaban J connectivity index is 1.26. The minimum atomic E-state index is -0.871. The number of rotatable bonds is 12. The molecule has 0 bridgehead atoms. The molecule has 7 rings (SSSR count). The minimum Gasteiger partial charge on any atom is -0.480 e. The molecule has 0 saturated heterocycles. The van der Waals surface area contributed by atoms with Gasteiger partial charge in [-0.1, -0.05) is 170 Å². The molecule has 7 aromatic rings. The molecule has 0 radical (unpaired) electrons. The maximum Gasteiger partial charge on any atom is 0.321 e. The van der Waals surface area contributed by atoms with Gasteiger partial charge in [-0.15, -0.1) is 5.10 Å². The Labute approximate surface area is 285 Å². The maximum atomic E-state index is 12.0. The van der Waals surface area contributed by atoms with Gasteiger partial charge in [-0.2, -0.15) is 0 Å². The zero-order valence-electron chi connectivity index (χ0n) is 26.8. The molecule has 0 amide bonds. The van der Waals surface area contributed by atoms with Crippen LogP contribution in [0.25, 0.3) is 22.5 Å². The van der Waals surface area contributed by atoms with Gasteiger partial charge in [0.25, 0.3) is 0 Å². The molecule has 0 aliphatic rings. The maximum absolute atomic E-state index is 12.0. The summed E-state index contributed by atoms with van der Waals surface area (Å²) in [5, 5.41) is 26.7. The summed E-state index contributed by atoms with van der Waals surface area (Å²) in [5.74, 6) is -0.243. The van der Waals surface area contributed by atoms with E-state index in [-0.39, 0.29) is 0 Å². The van der Waals surface area contributed by atoms with E-state index < -0.39 is 17.6 Å². The SMILES string of the molecule is O=C(O)[C@H](Cc1ccccc1)NCc1ccc(-c2ccccc2-c2nnnn2C(c2ccccc2)(c2ccccc2)c2ccccc2)cc1. The lowest BCUT2D eigenvalue weighted by Gasteiger charge is -2.36. The van der Waals surface area contributed by atoms with E-state index in [9.17, 15) is 9.90 Å². The van der Waals surface area contributed by atoms with E-state index >= 15 is 0 Å². The van der Waals surface area contributed by atoms with Crippen LogP contribution in [0.3, 0.4) is 0 Å². The third-order valence-corrected chi connectivity index (χ3v) is 8.93. The quantitative estimate of drug-likeness (QED) is 0.133. The van der Waals surface area contributed by atoms with Gasteiger partial charge in [-0.25, -0.2) is 4.68 Å². The first-order valence-electron chi connectivity index (χ1n) is 16.3. The van der Waals surface area contributed by atoms with Crippen LogP contribution in [0.2, 0.25) is 0 Å². The van der Waals surface area contributed by atoms with Crippen LogP contribution in [0.5, 0.6) is 0 Å². The van der Waals surface area contributed by atoms with Crippen molar-refractivity contribution in [3.63, 3.8) is 0 Å². The molecule has 2 N–H and O–H groups in total. The molecule has 0 saturated carbocycles. The van der Waals surface area contributed by atoms with Gasteiger partial charge < -0.3 is 10.4 Å². The third-order valence-electron chi connectivity index (χ3n) is 8.93. The molecule has 1 aromatic heterocycles. The molecule has 1 heterocycles. The Morgan fingerprint density at radius 1 is 0.612 bits per heavy atom. The summed E-state index contributed by atoms with van der Waals surface area (Å²) < 4.78 is 1.95. The lowest BCUT2D eigenvalue weighted by atomic mass is 9.77. The summed E-state index contributed by atoms with van der Waals surface area (Å²) in [6, 6.07) is 56.4. The van der Waals surface area contributed by atoms with Crippen molar-refractivity contribution in [3.05, 3.63) is 198 Å². The van der Waals surface area contributed by atoms with Gasteiger partial charge in [0, 0.05) is 12.1 Å². The number of aromatic nitrogens is 4. The largest absolute Gasteiger partial charge is 0.480 e. The van der Waals surface area contributed by atoms with Gasteiger partial charge >= 0.3 is 5.97 Å². The molecular weight excluding hydrogens is 606 g/mol. The van der Waals surface area contributed by atoms with Crippen LogP contribution in [0.15, 0.2) is 170 Å². The average Bonchev–Trinajstić information content (AvgIpc) is 3.66. The molecule has 0 unspecified atom stereocenters. The molecule has 0 aliphatic carbocycles. The predicted molar refractivity (Wildman–Crippen MR) is 192 cm³/mol. The fraction of sp³-hybridized carbons (Fsp3) is 0.0952. The second kappa shape index (κ2) is 14.3. The van der Waals surface area contributed by atoms with Crippen molar-refractivity contribution in [2.24, 2.45) is 0 Å². The highest BCUT2D eigenvalue weighted by atomic mass is 16.4. The van der Waals surface area contributed by atoms with Crippen LogP contribution in [0, 0.1) is 0 Å². The van der Waals surface area contributed by atoms with Crippen LogP contribution in [0.1, 0.15) is 27.8 Å². The van der Waals surface area contributed by atoms with E-state index in [4.69, 9.17) is 5.21 Å². The number of nitrogens with zero attached hydrogens (tertiary/aromatic N) is 4. The zero-order valence-corrected chi connectivity index (χ0v) is 26.8. The van der Waals surface area contributed by atoms with E-state index in [0.29, 0.717) is 18.8 Å². The molecule has 7 heteroatoms. The second-order valence-electron chi connectivity index (χ2n) is 11.9. The zero-order chi connectivity index (χ0) is 33.5. The summed E-state index contributed by atoms with van der Waals surface area (Å²) >= 11 is 0. The fourth-order valence-corrected chi connectivity index (χ4v) is 6.56. The highest BCUT2D eigenvalue weighted by Gasteiger charge is 2.42. The molecule has 7 nitrogen and oxygen atoms in total.